The van der Waals surface area contributed by atoms with Gasteiger partial charge in [0.15, 0.2) is 0 Å². The van der Waals surface area contributed by atoms with Gasteiger partial charge in [-0.1, -0.05) is 30.3 Å². The first kappa shape index (κ1) is 15.7. The predicted molar refractivity (Wildman–Crippen MR) is 77.1 cm³/mol. The molecule has 1 unspecified atom stereocenters. The lowest BCUT2D eigenvalue weighted by molar-refractivity contribution is 0.190. The van der Waals surface area contributed by atoms with E-state index in [0.717, 1.165) is 11.1 Å². The van der Waals surface area contributed by atoms with Crippen molar-refractivity contribution in [3.8, 4) is 6.07 Å². The van der Waals surface area contributed by atoms with Crippen LogP contribution in [0.15, 0.2) is 36.9 Å². The highest BCUT2D eigenvalue weighted by molar-refractivity contribution is 5.65. The Morgan fingerprint density at radius 3 is 2.95 bits per heavy atom. The fourth-order valence-corrected chi connectivity index (χ4v) is 2.02. The zero-order valence-corrected chi connectivity index (χ0v) is 11.2. The van der Waals surface area contributed by atoms with Crippen LogP contribution in [-0.4, -0.2) is 17.2 Å². The van der Waals surface area contributed by atoms with Crippen LogP contribution >= 0.6 is 0 Å². The molecule has 0 saturated carbocycles. The van der Waals surface area contributed by atoms with E-state index in [0.29, 0.717) is 19.3 Å². The van der Waals surface area contributed by atoms with E-state index < -0.39 is 6.09 Å². The van der Waals surface area contributed by atoms with Gasteiger partial charge in [0.05, 0.1) is 18.5 Å². The van der Waals surface area contributed by atoms with Gasteiger partial charge < -0.3 is 16.2 Å². The largest absolute Gasteiger partial charge is 0.465 e. The highest BCUT2D eigenvalue weighted by Gasteiger charge is 2.13. The van der Waals surface area contributed by atoms with Crippen LogP contribution in [0.1, 0.15) is 30.0 Å². The Morgan fingerprint density at radius 1 is 1.60 bits per heavy atom. The molecule has 5 nitrogen and oxygen atoms in total. The van der Waals surface area contributed by atoms with Crippen molar-refractivity contribution in [3.05, 3.63) is 48.0 Å². The number of hydrogen-bond acceptors (Lipinski definition) is 3. The normalized spacial score (nSPS) is 13.0. The number of nitrogens with zero attached hydrogens (tertiary/aromatic N) is 1. The first-order chi connectivity index (χ1) is 9.56. The zero-order chi connectivity index (χ0) is 15.0. The van der Waals surface area contributed by atoms with Crippen molar-refractivity contribution in [2.75, 3.05) is 0 Å². The molecule has 0 saturated heterocycles. The molecule has 2 atom stereocenters. The quantitative estimate of drug-likeness (QED) is 0.664. The second-order valence-corrected chi connectivity index (χ2v) is 4.60. The van der Waals surface area contributed by atoms with Crippen molar-refractivity contribution in [1.29, 1.82) is 5.26 Å². The molecule has 5 heteroatoms. The monoisotopic (exact) mass is 273 g/mol. The molecule has 4 N–H and O–H groups in total. The minimum absolute atomic E-state index is 0.208. The Morgan fingerprint density at radius 2 is 2.35 bits per heavy atom. The number of carboxylic acid groups (broad SMARTS) is 1. The van der Waals surface area contributed by atoms with Crippen LogP contribution in [-0.2, 0) is 6.42 Å². The average Bonchev–Trinajstić information content (AvgIpc) is 2.38. The molecule has 1 amide bonds. The van der Waals surface area contributed by atoms with Crippen molar-refractivity contribution in [1.82, 2.24) is 5.32 Å². The molecule has 1 aromatic rings. The molecular formula is C15H19N3O2. The van der Waals surface area contributed by atoms with Gasteiger partial charge in [-0.25, -0.2) is 4.79 Å². The summed E-state index contributed by atoms with van der Waals surface area (Å²) in [5.41, 5.74) is 7.69. The second kappa shape index (κ2) is 7.97. The van der Waals surface area contributed by atoms with E-state index in [4.69, 9.17) is 16.1 Å². The van der Waals surface area contributed by atoms with Crippen molar-refractivity contribution in [2.45, 2.75) is 31.3 Å². The van der Waals surface area contributed by atoms with Gasteiger partial charge in [-0.05, 0) is 24.0 Å². The molecule has 0 aliphatic heterocycles. The van der Waals surface area contributed by atoms with Gasteiger partial charge in [-0.3, -0.25) is 0 Å². The number of nitrogens with one attached hydrogen (secondary N) is 1. The number of nitriles is 1. The Kier molecular flexibility index (Phi) is 6.27. The Hall–Kier alpha value is -2.32. The first-order valence-electron chi connectivity index (χ1n) is 6.38. The minimum atomic E-state index is -1.07. The highest BCUT2D eigenvalue weighted by Crippen LogP contribution is 2.19. The zero-order valence-electron chi connectivity index (χ0n) is 11.2. The second-order valence-electron chi connectivity index (χ2n) is 4.60. The molecule has 0 radical (unpaired) electrons. The lowest BCUT2D eigenvalue weighted by Crippen LogP contribution is -2.26. The van der Waals surface area contributed by atoms with Crippen LogP contribution in [0, 0.1) is 11.3 Å². The Labute approximate surface area is 118 Å². The van der Waals surface area contributed by atoms with Crippen molar-refractivity contribution < 1.29 is 9.90 Å². The van der Waals surface area contributed by atoms with E-state index >= 15 is 0 Å². The molecular weight excluding hydrogens is 254 g/mol. The van der Waals surface area contributed by atoms with Crippen LogP contribution in [0.5, 0.6) is 0 Å². The lowest BCUT2D eigenvalue weighted by Gasteiger charge is -2.17. The maximum absolute atomic E-state index is 10.8. The van der Waals surface area contributed by atoms with Crippen LogP contribution < -0.4 is 11.1 Å². The fraction of sp³-hybridized carbons (Fsp3) is 0.333. The molecule has 0 aliphatic rings. The Bertz CT molecular complexity index is 508. The van der Waals surface area contributed by atoms with E-state index in [2.05, 4.69) is 11.9 Å². The van der Waals surface area contributed by atoms with E-state index in [9.17, 15) is 4.79 Å². The fourth-order valence-electron chi connectivity index (χ4n) is 2.02. The first-order valence-corrected chi connectivity index (χ1v) is 6.38. The smallest absolute Gasteiger partial charge is 0.405 e. The number of rotatable bonds is 7. The van der Waals surface area contributed by atoms with Crippen LogP contribution in [0.25, 0.3) is 0 Å². The van der Waals surface area contributed by atoms with Gasteiger partial charge in [-0.2, -0.15) is 5.26 Å². The summed E-state index contributed by atoms with van der Waals surface area (Å²) in [4.78, 5) is 10.8. The molecule has 20 heavy (non-hydrogen) atoms. The van der Waals surface area contributed by atoms with Gasteiger partial charge in [-0.15, -0.1) is 6.58 Å². The van der Waals surface area contributed by atoms with Crippen molar-refractivity contribution in [2.24, 2.45) is 5.73 Å². The summed E-state index contributed by atoms with van der Waals surface area (Å²) in [5, 5.41) is 19.9. The SMILES string of the molecule is C=CC[C@H](NC(=O)O)c1cccc(CC(N)CC#N)c1. The molecule has 0 heterocycles. The summed E-state index contributed by atoms with van der Waals surface area (Å²) in [6.45, 7) is 3.64. The van der Waals surface area contributed by atoms with Crippen molar-refractivity contribution in [3.63, 3.8) is 0 Å². The molecule has 1 aromatic carbocycles. The van der Waals surface area contributed by atoms with E-state index in [1.165, 1.54) is 0 Å². The molecule has 0 spiro atoms. The number of hydrogen-bond donors (Lipinski definition) is 3. The third-order valence-corrected chi connectivity index (χ3v) is 2.90. The summed E-state index contributed by atoms with van der Waals surface area (Å²) in [6, 6.07) is 9.08. The third kappa shape index (κ3) is 5.12. The number of benzene rings is 1. The standard InChI is InChI=1S/C15H19N3O2/c1-2-4-14(18-15(19)20)12-6-3-5-11(9-12)10-13(17)7-8-16/h2-3,5-6,9,13-14,18H,1,4,7,10,17H2,(H,19,20)/t13?,14-/m0/s1. The summed E-state index contributed by atoms with van der Waals surface area (Å²) in [7, 11) is 0. The summed E-state index contributed by atoms with van der Waals surface area (Å²) >= 11 is 0. The maximum Gasteiger partial charge on any atom is 0.405 e. The topological polar surface area (TPSA) is 99.1 Å². The van der Waals surface area contributed by atoms with Gasteiger partial charge >= 0.3 is 6.09 Å². The summed E-state index contributed by atoms with van der Waals surface area (Å²) < 4.78 is 0. The average molecular weight is 273 g/mol. The van der Waals surface area contributed by atoms with Gasteiger partial charge in [0, 0.05) is 6.04 Å². The number of amides is 1. The van der Waals surface area contributed by atoms with Crippen LogP contribution in [0.4, 0.5) is 4.79 Å². The van der Waals surface area contributed by atoms with Gasteiger partial charge in [0.1, 0.15) is 0 Å². The number of nitrogens with two attached hydrogens (primary N) is 1. The van der Waals surface area contributed by atoms with E-state index in [-0.39, 0.29) is 12.1 Å². The molecule has 1 rings (SSSR count). The predicted octanol–water partition coefficient (Wildman–Crippen LogP) is 2.35. The molecule has 0 fully saturated rings. The summed E-state index contributed by atoms with van der Waals surface area (Å²) in [6.07, 6.45) is 2.01. The third-order valence-electron chi connectivity index (χ3n) is 2.90. The minimum Gasteiger partial charge on any atom is -0.465 e. The van der Waals surface area contributed by atoms with Crippen molar-refractivity contribution >= 4 is 6.09 Å². The number of carbonyl (C=O) groups is 1. The van der Waals surface area contributed by atoms with E-state index in [1.54, 1.807) is 6.08 Å². The lowest BCUT2D eigenvalue weighted by atomic mass is 9.98. The molecule has 0 bridgehead atoms. The molecule has 106 valence electrons. The summed E-state index contributed by atoms with van der Waals surface area (Å²) in [5.74, 6) is 0. The maximum atomic E-state index is 10.8. The highest BCUT2D eigenvalue weighted by atomic mass is 16.4. The van der Waals surface area contributed by atoms with Crippen LogP contribution in [0.3, 0.4) is 0 Å². The Balaban J connectivity index is 2.86. The molecule has 0 aromatic heterocycles. The van der Waals surface area contributed by atoms with Crippen LogP contribution in [0.2, 0.25) is 0 Å². The van der Waals surface area contributed by atoms with Gasteiger partial charge in [0.25, 0.3) is 0 Å². The van der Waals surface area contributed by atoms with E-state index in [1.807, 2.05) is 30.3 Å². The van der Waals surface area contributed by atoms with Gasteiger partial charge in [0.2, 0.25) is 0 Å². The molecule has 0 aliphatic carbocycles.